The van der Waals surface area contributed by atoms with Gasteiger partial charge in [-0.1, -0.05) is 25.1 Å². The van der Waals surface area contributed by atoms with E-state index in [-0.39, 0.29) is 0 Å². The van der Waals surface area contributed by atoms with Gasteiger partial charge in [0.05, 0.1) is 5.52 Å². The van der Waals surface area contributed by atoms with Gasteiger partial charge in [-0.25, -0.2) is 0 Å². The summed E-state index contributed by atoms with van der Waals surface area (Å²) >= 11 is 0. The predicted molar refractivity (Wildman–Crippen MR) is 45.5 cm³/mol. The lowest BCUT2D eigenvalue weighted by atomic mass is 10.2. The van der Waals surface area contributed by atoms with E-state index < -0.39 is 0 Å². The van der Waals surface area contributed by atoms with Crippen molar-refractivity contribution in [3.05, 3.63) is 30.0 Å². The van der Waals surface area contributed by atoms with Gasteiger partial charge in [0.2, 0.25) is 0 Å². The summed E-state index contributed by atoms with van der Waals surface area (Å²) in [6.45, 7) is 2.12. The molecule has 0 aliphatic carbocycles. The molecule has 0 aliphatic rings. The van der Waals surface area contributed by atoms with Gasteiger partial charge >= 0.3 is 0 Å². The van der Waals surface area contributed by atoms with Crippen molar-refractivity contribution in [1.82, 2.24) is 10.2 Å². The molecule has 56 valence electrons. The van der Waals surface area contributed by atoms with Crippen molar-refractivity contribution in [2.75, 3.05) is 0 Å². The topological polar surface area (TPSA) is 28.7 Å². The third-order valence-corrected chi connectivity index (χ3v) is 1.89. The Bertz CT molecular complexity index is 362. The first-order chi connectivity index (χ1) is 5.42. The van der Waals surface area contributed by atoms with Crippen LogP contribution >= 0.6 is 0 Å². The van der Waals surface area contributed by atoms with Crippen LogP contribution in [0.5, 0.6) is 0 Å². The summed E-state index contributed by atoms with van der Waals surface area (Å²) in [6.07, 6.45) is 1.01. The Morgan fingerprint density at radius 2 is 2.18 bits per heavy atom. The van der Waals surface area contributed by atoms with Gasteiger partial charge in [-0.15, -0.1) is 0 Å². The average Bonchev–Trinajstić information content (AvgIpc) is 2.47. The summed E-state index contributed by atoms with van der Waals surface area (Å²) in [7, 11) is 0. The molecule has 0 amide bonds. The van der Waals surface area contributed by atoms with Crippen molar-refractivity contribution < 1.29 is 0 Å². The summed E-state index contributed by atoms with van der Waals surface area (Å²) in [4.78, 5) is 0. The SMILES string of the molecule is CCc1[nH]nc2ccccc12. The normalized spacial score (nSPS) is 10.6. The molecule has 1 heterocycles. The molecule has 2 rings (SSSR count). The minimum Gasteiger partial charge on any atom is -0.281 e. The lowest BCUT2D eigenvalue weighted by Gasteiger charge is -1.88. The number of para-hydroxylation sites is 1. The van der Waals surface area contributed by atoms with Crippen LogP contribution in [0, 0.1) is 0 Å². The molecule has 0 unspecified atom stereocenters. The summed E-state index contributed by atoms with van der Waals surface area (Å²) in [6, 6.07) is 8.16. The summed E-state index contributed by atoms with van der Waals surface area (Å²) in [5.74, 6) is 0. The molecule has 2 heteroatoms. The molecule has 0 bridgehead atoms. The molecule has 0 atom stereocenters. The number of aromatic nitrogens is 2. The van der Waals surface area contributed by atoms with E-state index in [2.05, 4.69) is 23.2 Å². The van der Waals surface area contributed by atoms with Gasteiger partial charge in [-0.2, -0.15) is 5.10 Å². The van der Waals surface area contributed by atoms with Crippen LogP contribution in [-0.4, -0.2) is 10.2 Å². The molecule has 1 N–H and O–H groups in total. The van der Waals surface area contributed by atoms with E-state index in [0.717, 1.165) is 11.9 Å². The van der Waals surface area contributed by atoms with Crippen molar-refractivity contribution >= 4 is 10.9 Å². The smallest absolute Gasteiger partial charge is 0.0923 e. The zero-order valence-corrected chi connectivity index (χ0v) is 6.46. The number of nitrogens with zero attached hydrogens (tertiary/aromatic N) is 1. The Labute approximate surface area is 65.2 Å². The molecule has 0 aliphatic heterocycles. The fraction of sp³-hybridized carbons (Fsp3) is 0.222. The Balaban J connectivity index is 2.76. The van der Waals surface area contributed by atoms with Gasteiger partial charge in [0.15, 0.2) is 0 Å². The highest BCUT2D eigenvalue weighted by Crippen LogP contribution is 2.14. The molecule has 1 aromatic heterocycles. The quantitative estimate of drug-likeness (QED) is 0.656. The standard InChI is InChI=1S/C9H10N2/c1-2-8-7-5-3-4-6-9(7)11-10-8/h3-6H,2H2,1H3,(H,10,11). The van der Waals surface area contributed by atoms with E-state index in [1.54, 1.807) is 0 Å². The number of benzene rings is 1. The van der Waals surface area contributed by atoms with Crippen molar-refractivity contribution in [3.63, 3.8) is 0 Å². The first kappa shape index (κ1) is 6.40. The predicted octanol–water partition coefficient (Wildman–Crippen LogP) is 2.13. The maximum atomic E-state index is 4.16. The largest absolute Gasteiger partial charge is 0.281 e. The molecule has 1 aromatic carbocycles. The van der Waals surface area contributed by atoms with E-state index in [1.807, 2.05) is 18.2 Å². The van der Waals surface area contributed by atoms with Gasteiger partial charge in [0, 0.05) is 11.1 Å². The Kier molecular flexibility index (Phi) is 1.39. The molecule has 0 radical (unpaired) electrons. The average molecular weight is 146 g/mol. The molecule has 0 spiro atoms. The molecular formula is C9H10N2. The third-order valence-electron chi connectivity index (χ3n) is 1.89. The highest BCUT2D eigenvalue weighted by molar-refractivity contribution is 5.80. The van der Waals surface area contributed by atoms with Gasteiger partial charge in [0.1, 0.15) is 0 Å². The number of hydrogen-bond acceptors (Lipinski definition) is 1. The minimum absolute atomic E-state index is 1.01. The molecule has 2 nitrogen and oxygen atoms in total. The summed E-state index contributed by atoms with van der Waals surface area (Å²) < 4.78 is 0. The maximum Gasteiger partial charge on any atom is 0.0923 e. The molecule has 0 saturated carbocycles. The Morgan fingerprint density at radius 3 is 3.00 bits per heavy atom. The fourth-order valence-corrected chi connectivity index (χ4v) is 1.28. The van der Waals surface area contributed by atoms with Crippen LogP contribution in [-0.2, 0) is 6.42 Å². The van der Waals surface area contributed by atoms with Gasteiger partial charge in [-0.3, -0.25) is 5.10 Å². The van der Waals surface area contributed by atoms with E-state index in [9.17, 15) is 0 Å². The molecule has 0 saturated heterocycles. The fourth-order valence-electron chi connectivity index (χ4n) is 1.28. The van der Waals surface area contributed by atoms with Crippen LogP contribution in [0.25, 0.3) is 10.9 Å². The second kappa shape index (κ2) is 2.38. The second-order valence-electron chi connectivity index (χ2n) is 2.57. The van der Waals surface area contributed by atoms with Crippen molar-refractivity contribution in [2.24, 2.45) is 0 Å². The summed E-state index contributed by atoms with van der Waals surface area (Å²) in [5, 5.41) is 8.42. The van der Waals surface area contributed by atoms with Gasteiger partial charge in [0.25, 0.3) is 0 Å². The molecule has 11 heavy (non-hydrogen) atoms. The highest BCUT2D eigenvalue weighted by Gasteiger charge is 1.99. The van der Waals surface area contributed by atoms with Crippen LogP contribution in [0.1, 0.15) is 12.6 Å². The molecular weight excluding hydrogens is 136 g/mol. The lowest BCUT2D eigenvalue weighted by molar-refractivity contribution is 0.988. The highest BCUT2D eigenvalue weighted by atomic mass is 15.1. The number of aromatic amines is 1. The first-order valence-electron chi connectivity index (χ1n) is 3.84. The number of hydrogen-bond donors (Lipinski definition) is 1. The van der Waals surface area contributed by atoms with Crippen LogP contribution in [0.15, 0.2) is 24.3 Å². The lowest BCUT2D eigenvalue weighted by Crippen LogP contribution is -1.78. The van der Waals surface area contributed by atoms with E-state index in [1.165, 1.54) is 11.1 Å². The summed E-state index contributed by atoms with van der Waals surface area (Å²) in [5.41, 5.74) is 2.28. The van der Waals surface area contributed by atoms with Crippen LogP contribution in [0.3, 0.4) is 0 Å². The van der Waals surface area contributed by atoms with Crippen LogP contribution in [0.2, 0.25) is 0 Å². The number of fused-ring (bicyclic) bond motifs is 1. The van der Waals surface area contributed by atoms with Gasteiger partial charge < -0.3 is 0 Å². The van der Waals surface area contributed by atoms with Crippen molar-refractivity contribution in [1.29, 1.82) is 0 Å². The number of H-pyrrole nitrogens is 1. The van der Waals surface area contributed by atoms with E-state index in [4.69, 9.17) is 0 Å². The minimum atomic E-state index is 1.01. The maximum absolute atomic E-state index is 4.16. The van der Waals surface area contributed by atoms with Gasteiger partial charge in [-0.05, 0) is 12.5 Å². The zero-order valence-electron chi connectivity index (χ0n) is 6.46. The Hall–Kier alpha value is -1.31. The van der Waals surface area contributed by atoms with E-state index in [0.29, 0.717) is 0 Å². The van der Waals surface area contributed by atoms with Crippen LogP contribution in [0.4, 0.5) is 0 Å². The van der Waals surface area contributed by atoms with Crippen molar-refractivity contribution in [3.8, 4) is 0 Å². The third kappa shape index (κ3) is 0.909. The molecule has 0 fully saturated rings. The molecule has 2 aromatic rings. The van der Waals surface area contributed by atoms with Crippen LogP contribution < -0.4 is 0 Å². The Morgan fingerprint density at radius 1 is 1.36 bits per heavy atom. The monoisotopic (exact) mass is 146 g/mol. The zero-order chi connectivity index (χ0) is 7.68. The number of aryl methyl sites for hydroxylation is 1. The first-order valence-corrected chi connectivity index (χ1v) is 3.84. The second-order valence-corrected chi connectivity index (χ2v) is 2.57. The van der Waals surface area contributed by atoms with E-state index >= 15 is 0 Å². The number of nitrogens with one attached hydrogen (secondary N) is 1. The van der Waals surface area contributed by atoms with Crippen molar-refractivity contribution in [2.45, 2.75) is 13.3 Å². The number of rotatable bonds is 1.